The van der Waals surface area contributed by atoms with Gasteiger partial charge in [0, 0.05) is 101 Å². The molecule has 16 N–H and O–H groups in total. The third-order valence-electron chi connectivity index (χ3n) is 20.2. The second kappa shape index (κ2) is 40.9. The van der Waals surface area contributed by atoms with Crippen molar-refractivity contribution in [1.82, 2.24) is 56.8 Å². The second-order valence-electron chi connectivity index (χ2n) is 28.0. The molecule has 1 aromatic heterocycles. The maximum absolute atomic E-state index is 15.0. The summed E-state index contributed by atoms with van der Waals surface area (Å²) in [5.74, 6) is -8.88. The lowest BCUT2D eigenvalue weighted by atomic mass is 9.90. The summed E-state index contributed by atoms with van der Waals surface area (Å²) in [6, 6.07) is 5.57. The highest BCUT2D eigenvalue weighted by atomic mass is 32.2. The van der Waals surface area contributed by atoms with Crippen LogP contribution < -0.4 is 40.8 Å². The number of phenols is 1. The summed E-state index contributed by atoms with van der Waals surface area (Å²) in [6.45, 7) is 3.26. The Labute approximate surface area is 627 Å². The van der Waals surface area contributed by atoms with Crippen molar-refractivity contribution < 1.29 is 113 Å². The Morgan fingerprint density at radius 2 is 1.36 bits per heavy atom. The number of β-amino-alcohol motifs (C(OH)–C–C–N with tert-alkyl or cyclic N) is 1. The molecule has 107 heavy (non-hydrogen) atoms. The lowest BCUT2D eigenvalue weighted by Crippen LogP contribution is -2.64. The number of rotatable bonds is 30. The number of benzene rings is 3. The molecule has 0 unspecified atom stereocenters. The highest BCUT2D eigenvalue weighted by Gasteiger charge is 2.50. The molecule has 0 spiro atoms. The zero-order chi connectivity index (χ0) is 76.8. The summed E-state index contributed by atoms with van der Waals surface area (Å²) in [5.41, 5.74) is 1.50. The van der Waals surface area contributed by atoms with Crippen LogP contribution in [0.3, 0.4) is 0 Å². The Balaban J connectivity index is 0.897. The second-order valence-corrected chi connectivity index (χ2v) is 29.4. The average Bonchev–Trinajstić information content (AvgIpc) is 1.60. The van der Waals surface area contributed by atoms with E-state index in [9.17, 15) is 74.7 Å². The van der Waals surface area contributed by atoms with Crippen molar-refractivity contribution in [3.05, 3.63) is 77.9 Å². The SMILES string of the molecule is COCCCCCCOC1CCC(N2CCC(Oc3ccc(-c4nnc(-c5ccc(C(=O)N[C@H]6C[C@@H](O)CNC(=O)[C@@H]7[C@@H](O)[C@@H](C)CN7C(=O)[C@H]([C@H](O)CCNC(CO)CO)NC(=O)[C@H]([C@H](O)Cc7ccc(O)c(OSOOO)c7)NC(=O)[C@@H]7C[C@@H](O)CN7C(=O)[C@H]([C@@H](C)O)NC6=O)cc5)s4)cc3)CC2)CC1. The Bertz CT molecular complexity index is 3530. The van der Waals surface area contributed by atoms with Crippen LogP contribution in [0, 0.1) is 5.92 Å². The monoisotopic (exact) mass is 1540 g/mol. The number of carbonyl (C=O) groups is 7. The van der Waals surface area contributed by atoms with Gasteiger partial charge in [0.2, 0.25) is 35.4 Å². The van der Waals surface area contributed by atoms with Crippen LogP contribution in [-0.2, 0) is 54.0 Å². The standard InChI is InChI=1S/C71H101N11O23S2/c1-39-35-82-61(62(39)91)67(96)73-34-47(86)32-52(74-63(92)42-9-11-43(12-10-42)68-78-79-69(106-68)44-13-17-50(18-14-44)102-51-23-26-80(27-24-51)46-15-19-49(20-16-46)101-29-7-5-4-6-28-100-3)64(93)75-58(40(2)85)70(97)81-36-48(87)33-53(81)65(94)76-59(56(90)30-41-8-21-54(88)57(31-41)103-107-105-104-99)66(95)77-60(71(82)98)55(89)22-25-72-45(37-83)38-84/h8-14,17-18,21,31,39-40,45-49,51-53,55-56,58-62,72,83-91,99H,4-7,15-16,19-20,22-30,32-38H2,1-3H3,(H,73,96)(H,74,92)(H,75,93)(H,76,94)(H,77,95)/t39-,40+,46?,47+,48+,49?,52-,53-,55+,56+,58-,59-,60-,61-,62-/m0/s1. The molecule has 5 fully saturated rings. The van der Waals surface area contributed by atoms with Crippen molar-refractivity contribution in [1.29, 1.82) is 0 Å². The van der Waals surface area contributed by atoms with Crippen LogP contribution in [0.1, 0.15) is 113 Å². The number of likely N-dealkylation sites (tertiary alicyclic amines) is 1. The van der Waals surface area contributed by atoms with Crippen molar-refractivity contribution in [3.63, 3.8) is 0 Å². The minimum Gasteiger partial charge on any atom is -0.504 e. The number of hydrogen-bond donors (Lipinski definition) is 16. The van der Waals surface area contributed by atoms with Gasteiger partial charge in [0.1, 0.15) is 58.1 Å². The summed E-state index contributed by atoms with van der Waals surface area (Å²) in [5, 5.41) is 137. The van der Waals surface area contributed by atoms with Gasteiger partial charge in [-0.1, -0.05) is 58.7 Å². The van der Waals surface area contributed by atoms with Gasteiger partial charge < -0.3 is 111 Å². The number of ether oxygens (including phenoxy) is 3. The molecule has 4 aliphatic heterocycles. The molecule has 9 rings (SSSR count). The minimum absolute atomic E-state index is 0.00934. The zero-order valence-electron chi connectivity index (χ0n) is 60.0. The van der Waals surface area contributed by atoms with Crippen LogP contribution in [0.25, 0.3) is 21.1 Å². The van der Waals surface area contributed by atoms with Crippen molar-refractivity contribution in [2.75, 3.05) is 72.8 Å². The van der Waals surface area contributed by atoms with Crippen LogP contribution >= 0.6 is 23.7 Å². The van der Waals surface area contributed by atoms with E-state index in [1.807, 2.05) is 24.3 Å². The van der Waals surface area contributed by atoms with Gasteiger partial charge in [-0.2, -0.15) is 0 Å². The molecule has 3 aromatic carbocycles. The number of amides is 7. The maximum Gasteiger partial charge on any atom is 0.261 e. The highest BCUT2D eigenvalue weighted by Crippen LogP contribution is 2.35. The van der Waals surface area contributed by atoms with Crippen LogP contribution in [0.5, 0.6) is 17.2 Å². The lowest BCUT2D eigenvalue weighted by molar-refractivity contribution is -0.433. The number of nitrogens with zero attached hydrogens (tertiary/aromatic N) is 5. The van der Waals surface area contributed by atoms with Crippen LogP contribution in [-0.4, -0.2) is 287 Å². The normalized spacial score (nSPS) is 26.4. The summed E-state index contributed by atoms with van der Waals surface area (Å²) in [4.78, 5) is 107. The molecule has 7 amide bonds. The van der Waals surface area contributed by atoms with E-state index in [-0.39, 0.29) is 48.4 Å². The van der Waals surface area contributed by atoms with E-state index in [4.69, 9.17) is 23.7 Å². The molecule has 1 aliphatic carbocycles. The average molecular weight is 1540 g/mol. The third kappa shape index (κ3) is 23.1. The van der Waals surface area contributed by atoms with E-state index in [0.29, 0.717) is 27.7 Å². The fourth-order valence-electron chi connectivity index (χ4n) is 14.1. The van der Waals surface area contributed by atoms with Crippen molar-refractivity contribution in [2.45, 2.75) is 201 Å². The maximum atomic E-state index is 15.0. The van der Waals surface area contributed by atoms with E-state index in [2.05, 4.69) is 56.4 Å². The predicted molar refractivity (Wildman–Crippen MR) is 385 cm³/mol. The highest BCUT2D eigenvalue weighted by molar-refractivity contribution is 7.90. The number of phenolic OH excluding ortho intramolecular Hbond substituents is 1. The smallest absolute Gasteiger partial charge is 0.261 e. The number of hydrogen-bond acceptors (Lipinski definition) is 29. The first-order valence-electron chi connectivity index (χ1n) is 36.3. The molecule has 4 saturated heterocycles. The van der Waals surface area contributed by atoms with Gasteiger partial charge in [0.25, 0.3) is 18.2 Å². The fraction of sp³-hybridized carbons (Fsp3) is 0.620. The van der Waals surface area contributed by atoms with E-state index in [1.165, 1.54) is 55.4 Å². The number of aromatic hydroxyl groups is 1. The summed E-state index contributed by atoms with van der Waals surface area (Å²) in [7, 11) is 1.74. The van der Waals surface area contributed by atoms with E-state index >= 15 is 4.79 Å². The Morgan fingerprint density at radius 3 is 2.02 bits per heavy atom. The van der Waals surface area contributed by atoms with Crippen LogP contribution in [0.4, 0.5) is 0 Å². The molecule has 13 atom stereocenters. The van der Waals surface area contributed by atoms with E-state index in [0.717, 1.165) is 112 Å². The number of aliphatic hydroxyl groups excluding tert-OH is 8. The minimum atomic E-state index is -2.17. The van der Waals surface area contributed by atoms with E-state index < -0.39 is 184 Å². The molecular weight excluding hydrogens is 1440 g/mol. The Morgan fingerprint density at radius 1 is 0.720 bits per heavy atom. The number of carbonyl (C=O) groups excluding carboxylic acids is 7. The molecule has 34 nitrogen and oxygen atoms in total. The number of aromatic nitrogens is 2. The molecule has 0 radical (unpaired) electrons. The van der Waals surface area contributed by atoms with E-state index in [1.54, 1.807) is 19.2 Å². The van der Waals surface area contributed by atoms with Crippen molar-refractivity contribution >= 4 is 65.0 Å². The molecule has 36 heteroatoms. The summed E-state index contributed by atoms with van der Waals surface area (Å²) < 4.78 is 27.2. The first-order valence-corrected chi connectivity index (χ1v) is 37.8. The molecule has 5 heterocycles. The Hall–Kier alpha value is -7.34. The molecule has 0 bridgehead atoms. The molecule has 1 saturated carbocycles. The number of piperidine rings is 1. The van der Waals surface area contributed by atoms with Gasteiger partial charge in [-0.15, -0.1) is 10.2 Å². The van der Waals surface area contributed by atoms with Gasteiger partial charge in [-0.25, -0.2) is 5.26 Å². The fourth-order valence-corrected chi connectivity index (χ4v) is 15.2. The largest absolute Gasteiger partial charge is 0.504 e. The molecular formula is C71H101N11O23S2. The number of aliphatic hydroxyl groups is 8. The molecule has 590 valence electrons. The van der Waals surface area contributed by atoms with Gasteiger partial charge in [0.15, 0.2) is 11.5 Å². The topological polar surface area (TPSA) is 485 Å². The number of fused-ring (bicyclic) bond motifs is 2. The molecule has 5 aliphatic rings. The van der Waals surface area contributed by atoms with Crippen molar-refractivity contribution in [2.24, 2.45) is 5.92 Å². The summed E-state index contributed by atoms with van der Waals surface area (Å²) >= 11 is 1.37. The lowest BCUT2D eigenvalue weighted by Gasteiger charge is -2.40. The van der Waals surface area contributed by atoms with Gasteiger partial charge >= 0.3 is 0 Å². The van der Waals surface area contributed by atoms with Crippen LogP contribution in [0.15, 0.2) is 66.7 Å². The van der Waals surface area contributed by atoms with Gasteiger partial charge in [-0.3, -0.25) is 33.6 Å². The number of unbranched alkanes of at least 4 members (excludes halogenated alkanes) is 3. The zero-order valence-corrected chi connectivity index (χ0v) is 61.6. The first-order chi connectivity index (χ1) is 51.5. The van der Waals surface area contributed by atoms with Crippen molar-refractivity contribution in [3.8, 4) is 38.4 Å². The first kappa shape index (κ1) is 83.7. The molecule has 4 aromatic rings. The number of methoxy groups -OCH3 is 1. The number of nitrogens with one attached hydrogen (secondary N) is 6. The third-order valence-corrected chi connectivity index (χ3v) is 21.6. The Kier molecular flexibility index (Phi) is 32.0. The van der Waals surface area contributed by atoms with Crippen LogP contribution in [0.2, 0.25) is 0 Å². The summed E-state index contributed by atoms with van der Waals surface area (Å²) in [6.07, 6.45) is -1.41. The predicted octanol–water partition coefficient (Wildman–Crippen LogP) is -0.400. The van der Waals surface area contributed by atoms with Gasteiger partial charge in [0.05, 0.1) is 62.0 Å². The quantitative estimate of drug-likeness (QED) is 0.0137. The van der Waals surface area contributed by atoms with Gasteiger partial charge in [-0.05, 0) is 125 Å².